The number of aliphatic hydroxyl groups excluding tert-OH is 1. The molecule has 0 aromatic heterocycles. The van der Waals surface area contributed by atoms with Crippen LogP contribution in [0.5, 0.6) is 0 Å². The van der Waals surface area contributed by atoms with E-state index in [-0.39, 0.29) is 25.7 Å². The summed E-state index contributed by atoms with van der Waals surface area (Å²) in [5, 5.41) is 10.7. The zero-order valence-corrected chi connectivity index (χ0v) is 70.5. The first-order valence-corrected chi connectivity index (χ1v) is 46.7. The summed E-state index contributed by atoms with van der Waals surface area (Å²) in [6, 6.07) is 0. The van der Waals surface area contributed by atoms with Crippen molar-refractivity contribution in [1.82, 2.24) is 0 Å². The topological polar surface area (TPSA) is 237 Å². The predicted molar refractivity (Wildman–Crippen MR) is 428 cm³/mol. The summed E-state index contributed by atoms with van der Waals surface area (Å²) in [7, 11) is -9.93. The van der Waals surface area contributed by atoms with Crippen LogP contribution in [0.15, 0.2) is 0 Å². The minimum atomic E-state index is -4.97. The zero-order valence-electron chi connectivity index (χ0n) is 68.7. The lowest BCUT2D eigenvalue weighted by atomic mass is 9.99. The molecule has 0 amide bonds. The van der Waals surface area contributed by atoms with Crippen LogP contribution in [0.3, 0.4) is 0 Å². The van der Waals surface area contributed by atoms with Crippen molar-refractivity contribution in [3.05, 3.63) is 0 Å². The Morgan fingerprint density at radius 3 is 0.683 bits per heavy atom. The first-order chi connectivity index (χ1) is 50.1. The number of hydrogen-bond donors (Lipinski definition) is 3. The third-order valence-electron chi connectivity index (χ3n) is 20.2. The van der Waals surface area contributed by atoms with Crippen molar-refractivity contribution in [1.29, 1.82) is 0 Å². The molecule has 0 bridgehead atoms. The molecule has 0 spiro atoms. The van der Waals surface area contributed by atoms with Gasteiger partial charge in [0.2, 0.25) is 0 Å². The Labute approximate surface area is 638 Å². The van der Waals surface area contributed by atoms with E-state index in [2.05, 4.69) is 55.4 Å². The monoisotopic (exact) mass is 1520 g/mol. The van der Waals surface area contributed by atoms with Gasteiger partial charge in [-0.05, 0) is 49.4 Å². The Kier molecular flexibility index (Phi) is 72.5. The number of ether oxygens (including phenoxy) is 4. The summed E-state index contributed by atoms with van der Waals surface area (Å²) in [4.78, 5) is 73.2. The fraction of sp³-hybridized carbons (Fsp3) is 0.953. The molecule has 0 aromatic carbocycles. The molecule has 0 saturated heterocycles. The number of rotatable bonds is 82. The Balaban J connectivity index is 5.27. The highest BCUT2D eigenvalue weighted by molar-refractivity contribution is 7.47. The number of phosphoric acid groups is 2. The number of hydrogen-bond acceptors (Lipinski definition) is 15. The van der Waals surface area contributed by atoms with Crippen molar-refractivity contribution in [2.45, 2.75) is 459 Å². The fourth-order valence-corrected chi connectivity index (χ4v) is 14.7. The number of carbonyl (C=O) groups is 4. The maximum atomic E-state index is 13.1. The van der Waals surface area contributed by atoms with Crippen LogP contribution in [-0.2, 0) is 65.4 Å². The van der Waals surface area contributed by atoms with Crippen molar-refractivity contribution < 1.29 is 80.2 Å². The van der Waals surface area contributed by atoms with E-state index in [1.54, 1.807) is 0 Å². The highest BCUT2D eigenvalue weighted by Crippen LogP contribution is 2.45. The van der Waals surface area contributed by atoms with Crippen LogP contribution < -0.4 is 0 Å². The molecule has 0 saturated carbocycles. The molecule has 0 rings (SSSR count). The molecule has 3 unspecified atom stereocenters. The first-order valence-electron chi connectivity index (χ1n) is 43.7. The Morgan fingerprint density at radius 1 is 0.269 bits per heavy atom. The molecule has 104 heavy (non-hydrogen) atoms. The number of unbranched alkanes of at least 4 members (excludes halogenated alkanes) is 47. The maximum Gasteiger partial charge on any atom is 0.472 e. The van der Waals surface area contributed by atoms with Gasteiger partial charge in [-0.3, -0.25) is 37.3 Å². The smallest absolute Gasteiger partial charge is 0.462 e. The second-order valence-corrected chi connectivity index (χ2v) is 35.2. The molecular formula is C85H166O17P2. The van der Waals surface area contributed by atoms with Gasteiger partial charge < -0.3 is 33.8 Å². The van der Waals surface area contributed by atoms with E-state index in [1.807, 2.05) is 0 Å². The van der Waals surface area contributed by atoms with E-state index in [0.29, 0.717) is 25.7 Å². The van der Waals surface area contributed by atoms with Crippen molar-refractivity contribution in [2.75, 3.05) is 39.6 Å². The number of carbonyl (C=O) groups excluding carboxylic acids is 4. The minimum absolute atomic E-state index is 0.107. The largest absolute Gasteiger partial charge is 0.472 e. The lowest BCUT2D eigenvalue weighted by Crippen LogP contribution is -2.30. The van der Waals surface area contributed by atoms with Crippen LogP contribution in [-0.4, -0.2) is 96.7 Å². The van der Waals surface area contributed by atoms with Crippen LogP contribution in [0.2, 0.25) is 0 Å². The molecule has 6 atom stereocenters. The lowest BCUT2D eigenvalue weighted by Gasteiger charge is -2.21. The molecule has 17 nitrogen and oxygen atoms in total. The third kappa shape index (κ3) is 76.8. The van der Waals surface area contributed by atoms with Gasteiger partial charge in [-0.1, -0.05) is 389 Å². The molecular weight excluding hydrogens is 1350 g/mol. The standard InChI is InChI=1S/C85H166O17P2/c1-9-78(8)64-56-48-40-32-24-18-12-15-21-27-35-44-52-60-68-84(89)101-80(71-95-82(87)65-57-49-41-33-25-19-13-10-16-22-29-37-45-53-61-75(2)3)73-99-103(91,92)97-69-79(86)70-98-104(93,94)100-74-81(72-96-83(88)66-58-50-42-36-28-31-39-47-55-63-77(6)7)102-85(90)67-59-51-43-34-26-20-14-11-17-23-30-38-46-54-62-76(4)5/h75-81,86H,9-74H2,1-8H3,(H,91,92)(H,93,94)/t78?,79-,80-,81-/m1/s1. The molecule has 0 aliphatic carbocycles. The predicted octanol–water partition coefficient (Wildman–Crippen LogP) is 25.6. The molecule has 3 N–H and O–H groups in total. The quantitative estimate of drug-likeness (QED) is 0.0222. The summed E-state index contributed by atoms with van der Waals surface area (Å²) in [6.45, 7) is 14.4. The Bertz CT molecular complexity index is 2030. The van der Waals surface area contributed by atoms with Gasteiger partial charge in [-0.25, -0.2) is 9.13 Å². The van der Waals surface area contributed by atoms with E-state index < -0.39 is 97.5 Å². The van der Waals surface area contributed by atoms with Gasteiger partial charge in [0, 0.05) is 25.7 Å². The van der Waals surface area contributed by atoms with Gasteiger partial charge in [0.25, 0.3) is 0 Å². The van der Waals surface area contributed by atoms with E-state index in [0.717, 1.165) is 114 Å². The van der Waals surface area contributed by atoms with E-state index >= 15 is 0 Å². The van der Waals surface area contributed by atoms with Crippen LogP contribution in [0, 0.1) is 23.7 Å². The number of phosphoric ester groups is 2. The summed E-state index contributed by atoms with van der Waals surface area (Å²) in [6.07, 6.45) is 62.3. The summed E-state index contributed by atoms with van der Waals surface area (Å²) < 4.78 is 68.9. The van der Waals surface area contributed by atoms with Crippen LogP contribution >= 0.6 is 15.6 Å². The van der Waals surface area contributed by atoms with Gasteiger partial charge in [0.05, 0.1) is 26.4 Å². The number of esters is 4. The molecule has 0 aliphatic heterocycles. The average molecular weight is 1520 g/mol. The van der Waals surface area contributed by atoms with Crippen molar-refractivity contribution >= 4 is 39.5 Å². The molecule has 0 aliphatic rings. The van der Waals surface area contributed by atoms with E-state index in [1.165, 1.54) is 244 Å². The minimum Gasteiger partial charge on any atom is -0.462 e. The van der Waals surface area contributed by atoms with Crippen molar-refractivity contribution in [2.24, 2.45) is 23.7 Å². The second-order valence-electron chi connectivity index (χ2n) is 32.2. The van der Waals surface area contributed by atoms with Crippen molar-refractivity contribution in [3.63, 3.8) is 0 Å². The van der Waals surface area contributed by atoms with Gasteiger partial charge in [-0.2, -0.15) is 0 Å². The molecule has 0 fully saturated rings. The van der Waals surface area contributed by atoms with Crippen LogP contribution in [0.4, 0.5) is 0 Å². The maximum absolute atomic E-state index is 13.1. The van der Waals surface area contributed by atoms with Gasteiger partial charge >= 0.3 is 39.5 Å². The highest BCUT2D eigenvalue weighted by atomic mass is 31.2. The zero-order chi connectivity index (χ0) is 76.7. The SMILES string of the molecule is CCC(C)CCCCCCCCCCCCCCCCC(=O)O[C@H](COC(=O)CCCCCCCCCCCCCCCCC(C)C)COP(=O)(O)OC[C@@H](O)COP(=O)(O)OC[C@@H](COC(=O)CCCCCCCCCCCC(C)C)OC(=O)CCCCCCCCCCCCCCCCC(C)C. The normalized spacial score (nSPS) is 14.2. The summed E-state index contributed by atoms with van der Waals surface area (Å²) in [5.41, 5.74) is 0. The summed E-state index contributed by atoms with van der Waals surface area (Å²) >= 11 is 0. The average Bonchev–Trinajstić information content (AvgIpc) is 0.914. The lowest BCUT2D eigenvalue weighted by molar-refractivity contribution is -0.161. The summed E-state index contributed by atoms with van der Waals surface area (Å²) in [5.74, 6) is 1.08. The molecule has 618 valence electrons. The third-order valence-corrected chi connectivity index (χ3v) is 22.1. The van der Waals surface area contributed by atoms with E-state index in [4.69, 9.17) is 37.0 Å². The highest BCUT2D eigenvalue weighted by Gasteiger charge is 2.30. The molecule has 0 aromatic rings. The van der Waals surface area contributed by atoms with Gasteiger partial charge in [0.1, 0.15) is 19.3 Å². The van der Waals surface area contributed by atoms with E-state index in [9.17, 15) is 43.2 Å². The van der Waals surface area contributed by atoms with Crippen LogP contribution in [0.25, 0.3) is 0 Å². The van der Waals surface area contributed by atoms with Crippen molar-refractivity contribution in [3.8, 4) is 0 Å². The first kappa shape index (κ1) is 102. The van der Waals surface area contributed by atoms with Gasteiger partial charge in [-0.15, -0.1) is 0 Å². The molecule has 0 radical (unpaired) electrons. The number of aliphatic hydroxyl groups is 1. The molecule has 19 heteroatoms. The second kappa shape index (κ2) is 73.8. The molecule has 0 heterocycles. The Morgan fingerprint density at radius 2 is 0.462 bits per heavy atom. The Hall–Kier alpha value is -1.94. The fourth-order valence-electron chi connectivity index (χ4n) is 13.1. The van der Waals surface area contributed by atoms with Gasteiger partial charge in [0.15, 0.2) is 12.2 Å². The van der Waals surface area contributed by atoms with Crippen LogP contribution in [0.1, 0.15) is 441 Å².